The highest BCUT2D eigenvalue weighted by Crippen LogP contribution is 2.18. The molecule has 13 heteroatoms. The van der Waals surface area contributed by atoms with E-state index in [4.69, 9.17) is 4.74 Å². The van der Waals surface area contributed by atoms with Gasteiger partial charge in [0.05, 0.1) is 10.5 Å². The molecule has 33 heavy (non-hydrogen) atoms. The quantitative estimate of drug-likeness (QED) is 0.491. The molecule has 0 aliphatic rings. The molecular weight excluding hydrogens is 467 g/mol. The van der Waals surface area contributed by atoms with Crippen LogP contribution in [0.25, 0.3) is 0 Å². The second kappa shape index (κ2) is 10.4. The number of nitrogens with one attached hydrogen (secondary N) is 3. The van der Waals surface area contributed by atoms with Gasteiger partial charge in [-0.3, -0.25) is 9.59 Å². The van der Waals surface area contributed by atoms with E-state index in [0.29, 0.717) is 11.4 Å². The Bertz CT molecular complexity index is 1130. The number of sulfonamides is 1. The molecule has 2 aromatic carbocycles. The minimum Gasteiger partial charge on any atom is -0.449 e. The molecule has 0 radical (unpaired) electrons. The number of amides is 2. The Morgan fingerprint density at radius 1 is 1.00 bits per heavy atom. The third kappa shape index (κ3) is 8.20. The SMILES string of the molecule is CC(=O)Nc1ccc(NC(=O)[C@H](C)OC(=O)c2cccc(S(=O)(=O)NCC(F)(F)F)c2)cc1. The Kier molecular flexibility index (Phi) is 8.17. The highest BCUT2D eigenvalue weighted by atomic mass is 32.2. The molecule has 0 aliphatic carbocycles. The fourth-order valence-electron chi connectivity index (χ4n) is 2.42. The number of ether oxygens (including phenoxy) is 1. The van der Waals surface area contributed by atoms with Gasteiger partial charge in [0.15, 0.2) is 6.10 Å². The van der Waals surface area contributed by atoms with E-state index < -0.39 is 45.6 Å². The average Bonchev–Trinajstić information content (AvgIpc) is 2.73. The van der Waals surface area contributed by atoms with Crippen LogP contribution in [0.2, 0.25) is 0 Å². The molecule has 1 atom stereocenters. The third-order valence-corrected chi connectivity index (χ3v) is 5.37. The second-order valence-electron chi connectivity index (χ2n) is 6.76. The molecule has 0 aliphatic heterocycles. The van der Waals surface area contributed by atoms with Crippen LogP contribution in [0, 0.1) is 0 Å². The van der Waals surface area contributed by atoms with Crippen molar-refractivity contribution in [1.29, 1.82) is 0 Å². The van der Waals surface area contributed by atoms with Crippen molar-refractivity contribution in [2.75, 3.05) is 17.2 Å². The molecule has 2 amide bonds. The molecule has 0 bridgehead atoms. The van der Waals surface area contributed by atoms with Crippen LogP contribution in [-0.4, -0.2) is 45.0 Å². The highest BCUT2D eigenvalue weighted by Gasteiger charge is 2.30. The number of hydrogen-bond acceptors (Lipinski definition) is 6. The van der Waals surface area contributed by atoms with Crippen molar-refractivity contribution >= 4 is 39.2 Å². The Morgan fingerprint density at radius 2 is 1.58 bits per heavy atom. The molecule has 9 nitrogen and oxygen atoms in total. The van der Waals surface area contributed by atoms with Gasteiger partial charge >= 0.3 is 12.1 Å². The van der Waals surface area contributed by atoms with E-state index in [-0.39, 0.29) is 11.5 Å². The predicted octanol–water partition coefficient (Wildman–Crippen LogP) is 2.67. The van der Waals surface area contributed by atoms with Crippen LogP contribution in [0.15, 0.2) is 53.4 Å². The van der Waals surface area contributed by atoms with Gasteiger partial charge in [0, 0.05) is 18.3 Å². The van der Waals surface area contributed by atoms with Crippen molar-refractivity contribution in [1.82, 2.24) is 4.72 Å². The predicted molar refractivity (Wildman–Crippen MR) is 112 cm³/mol. The summed E-state index contributed by atoms with van der Waals surface area (Å²) in [7, 11) is -4.53. The fraction of sp³-hybridized carbons (Fsp3) is 0.250. The van der Waals surface area contributed by atoms with E-state index in [0.717, 1.165) is 18.2 Å². The van der Waals surface area contributed by atoms with Gasteiger partial charge in [-0.05, 0) is 49.4 Å². The maximum atomic E-state index is 12.3. The average molecular weight is 487 g/mol. The first kappa shape index (κ1) is 25.8. The van der Waals surface area contributed by atoms with Gasteiger partial charge in [-0.15, -0.1) is 0 Å². The van der Waals surface area contributed by atoms with Crippen molar-refractivity contribution in [3.05, 3.63) is 54.1 Å². The summed E-state index contributed by atoms with van der Waals surface area (Å²) < 4.78 is 67.4. The van der Waals surface area contributed by atoms with Gasteiger partial charge in [0.2, 0.25) is 15.9 Å². The number of rotatable bonds is 8. The lowest BCUT2D eigenvalue weighted by molar-refractivity contribution is -0.124. The van der Waals surface area contributed by atoms with Crippen LogP contribution < -0.4 is 15.4 Å². The number of carbonyl (C=O) groups is 3. The molecule has 0 aromatic heterocycles. The number of esters is 1. The lowest BCUT2D eigenvalue weighted by Gasteiger charge is -2.14. The zero-order valence-electron chi connectivity index (χ0n) is 17.4. The number of carbonyl (C=O) groups excluding carboxylic acids is 3. The molecule has 0 unspecified atom stereocenters. The normalized spacial score (nSPS) is 12.5. The summed E-state index contributed by atoms with van der Waals surface area (Å²) in [5.74, 6) is -2.00. The molecule has 3 N–H and O–H groups in total. The summed E-state index contributed by atoms with van der Waals surface area (Å²) in [6.45, 7) is 0.854. The molecule has 0 heterocycles. The van der Waals surface area contributed by atoms with Crippen LogP contribution >= 0.6 is 0 Å². The highest BCUT2D eigenvalue weighted by molar-refractivity contribution is 7.89. The number of halogens is 3. The van der Waals surface area contributed by atoms with Crippen molar-refractivity contribution in [3.63, 3.8) is 0 Å². The van der Waals surface area contributed by atoms with Crippen molar-refractivity contribution in [2.24, 2.45) is 0 Å². The van der Waals surface area contributed by atoms with E-state index in [1.807, 2.05) is 0 Å². The van der Waals surface area contributed by atoms with E-state index in [1.165, 1.54) is 36.8 Å². The summed E-state index contributed by atoms with van der Waals surface area (Å²) in [5.41, 5.74) is 0.601. The van der Waals surface area contributed by atoms with E-state index in [1.54, 1.807) is 12.1 Å². The lowest BCUT2D eigenvalue weighted by Crippen LogP contribution is -2.34. The molecule has 0 saturated carbocycles. The maximum absolute atomic E-state index is 12.3. The molecule has 2 rings (SSSR count). The fourth-order valence-corrected chi connectivity index (χ4v) is 3.48. The molecular formula is C20H20F3N3O6S. The molecule has 0 saturated heterocycles. The van der Waals surface area contributed by atoms with Crippen molar-refractivity contribution in [2.45, 2.75) is 31.0 Å². The summed E-state index contributed by atoms with van der Waals surface area (Å²) in [6.07, 6.45) is -6.03. The third-order valence-electron chi connectivity index (χ3n) is 3.97. The maximum Gasteiger partial charge on any atom is 0.402 e. The van der Waals surface area contributed by atoms with Gasteiger partial charge in [-0.25, -0.2) is 17.9 Å². The Morgan fingerprint density at radius 3 is 2.12 bits per heavy atom. The summed E-state index contributed by atoms with van der Waals surface area (Å²) >= 11 is 0. The zero-order chi connectivity index (χ0) is 24.8. The zero-order valence-corrected chi connectivity index (χ0v) is 18.2. The van der Waals surface area contributed by atoms with Gasteiger partial charge in [0.25, 0.3) is 5.91 Å². The van der Waals surface area contributed by atoms with Crippen LogP contribution in [0.5, 0.6) is 0 Å². The monoisotopic (exact) mass is 487 g/mol. The van der Waals surface area contributed by atoms with Crippen molar-refractivity contribution in [3.8, 4) is 0 Å². The minimum atomic E-state index is -4.75. The summed E-state index contributed by atoms with van der Waals surface area (Å²) in [5, 5.41) is 5.06. The molecule has 0 fully saturated rings. The van der Waals surface area contributed by atoms with Gasteiger partial charge < -0.3 is 15.4 Å². The topological polar surface area (TPSA) is 131 Å². The number of benzene rings is 2. The van der Waals surface area contributed by atoms with Crippen LogP contribution in [-0.2, 0) is 24.3 Å². The van der Waals surface area contributed by atoms with Crippen LogP contribution in [0.3, 0.4) is 0 Å². The Hall–Kier alpha value is -3.45. The van der Waals surface area contributed by atoms with Gasteiger partial charge in [-0.1, -0.05) is 6.07 Å². The number of anilines is 2. The summed E-state index contributed by atoms with van der Waals surface area (Å²) in [6, 6.07) is 10.3. The minimum absolute atomic E-state index is 0.264. The second-order valence-corrected chi connectivity index (χ2v) is 8.53. The molecule has 2 aromatic rings. The standard InChI is InChI=1S/C20H20F3N3O6S/c1-12(18(28)26-16-8-6-15(7-9-16)25-13(2)27)32-19(29)14-4-3-5-17(10-14)33(30,31)24-11-20(21,22)23/h3-10,12,24H,11H2,1-2H3,(H,25,27)(H,26,28)/t12-/m0/s1. The Balaban J connectivity index is 2.02. The summed E-state index contributed by atoms with van der Waals surface area (Å²) in [4.78, 5) is 35.0. The number of hydrogen-bond donors (Lipinski definition) is 3. The molecule has 0 spiro atoms. The van der Waals surface area contributed by atoms with E-state index >= 15 is 0 Å². The van der Waals surface area contributed by atoms with E-state index in [2.05, 4.69) is 10.6 Å². The first-order valence-electron chi connectivity index (χ1n) is 9.33. The first-order valence-corrected chi connectivity index (χ1v) is 10.8. The van der Waals surface area contributed by atoms with Crippen LogP contribution in [0.1, 0.15) is 24.2 Å². The largest absolute Gasteiger partial charge is 0.449 e. The number of alkyl halides is 3. The van der Waals surface area contributed by atoms with Crippen molar-refractivity contribution < 1.29 is 40.7 Å². The smallest absolute Gasteiger partial charge is 0.402 e. The van der Waals surface area contributed by atoms with E-state index in [9.17, 15) is 36.0 Å². The lowest BCUT2D eigenvalue weighted by atomic mass is 10.2. The Labute approximate surface area is 187 Å². The van der Waals surface area contributed by atoms with Crippen LogP contribution in [0.4, 0.5) is 24.5 Å². The van der Waals surface area contributed by atoms with Gasteiger partial charge in [0.1, 0.15) is 6.54 Å². The van der Waals surface area contributed by atoms with Gasteiger partial charge in [-0.2, -0.15) is 13.2 Å². The molecule has 178 valence electrons. The first-order chi connectivity index (χ1) is 15.3.